The number of aromatic nitrogens is 1. The fourth-order valence-electron chi connectivity index (χ4n) is 2.87. The van der Waals surface area contributed by atoms with Gasteiger partial charge in [0.15, 0.2) is 6.61 Å². The summed E-state index contributed by atoms with van der Waals surface area (Å²) < 4.78 is 6.16. The molecule has 0 radical (unpaired) electrons. The van der Waals surface area contributed by atoms with E-state index in [1.54, 1.807) is 6.08 Å². The van der Waals surface area contributed by atoms with Crippen LogP contribution in [0.25, 0.3) is 16.3 Å². The lowest BCUT2D eigenvalue weighted by molar-refractivity contribution is -0.148. The van der Waals surface area contributed by atoms with Gasteiger partial charge in [0.25, 0.3) is 5.91 Å². The molecule has 0 unspecified atom stereocenters. The first-order valence-corrected chi connectivity index (χ1v) is 9.52. The molecule has 1 aliphatic heterocycles. The summed E-state index contributed by atoms with van der Waals surface area (Å²) in [5.74, 6) is -0.622. The third-order valence-corrected chi connectivity index (χ3v) is 5.22. The Labute approximate surface area is 151 Å². The van der Waals surface area contributed by atoms with Crippen molar-refractivity contribution < 1.29 is 14.3 Å². The van der Waals surface area contributed by atoms with Crippen molar-refractivity contribution in [2.75, 3.05) is 19.7 Å². The Morgan fingerprint density at radius 1 is 1.12 bits per heavy atom. The second kappa shape index (κ2) is 8.76. The third-order valence-electron chi connectivity index (χ3n) is 4.22. The second-order valence-electron chi connectivity index (χ2n) is 6.11. The molecule has 1 saturated heterocycles. The summed E-state index contributed by atoms with van der Waals surface area (Å²) in [6.45, 7) is 1.33. The van der Waals surface area contributed by atoms with Crippen LogP contribution < -0.4 is 0 Å². The van der Waals surface area contributed by atoms with Crippen molar-refractivity contribution in [3.05, 3.63) is 35.3 Å². The number of hydrogen-bond donors (Lipinski definition) is 0. The number of carbonyl (C=O) groups is 2. The molecular weight excluding hydrogens is 336 g/mol. The minimum Gasteiger partial charge on any atom is -0.452 e. The second-order valence-corrected chi connectivity index (χ2v) is 7.17. The molecule has 132 valence electrons. The Kier molecular flexibility index (Phi) is 6.17. The van der Waals surface area contributed by atoms with E-state index in [9.17, 15) is 9.59 Å². The molecule has 2 aromatic rings. The molecule has 0 N–H and O–H groups in total. The van der Waals surface area contributed by atoms with Crippen LogP contribution in [0.2, 0.25) is 0 Å². The number of hydrogen-bond acceptors (Lipinski definition) is 5. The standard InChI is InChI=1S/C19H22N2O3S/c22-18(21-12-6-2-1-3-7-13-21)14-24-19(23)11-10-17-20-15-8-4-5-9-16(15)25-17/h4-5,8-11H,1-3,6-7,12-14H2/b11-10+. The van der Waals surface area contributed by atoms with E-state index >= 15 is 0 Å². The molecule has 6 heteroatoms. The van der Waals surface area contributed by atoms with Crippen molar-refractivity contribution in [3.63, 3.8) is 0 Å². The average molecular weight is 358 g/mol. The molecule has 3 rings (SSSR count). The van der Waals surface area contributed by atoms with Gasteiger partial charge in [-0.3, -0.25) is 4.79 Å². The van der Waals surface area contributed by atoms with Gasteiger partial charge in [-0.05, 0) is 31.1 Å². The summed E-state index contributed by atoms with van der Waals surface area (Å²) in [5, 5.41) is 0.744. The fourth-order valence-corrected chi connectivity index (χ4v) is 3.74. The van der Waals surface area contributed by atoms with Crippen LogP contribution in [0, 0.1) is 0 Å². The van der Waals surface area contributed by atoms with E-state index in [1.807, 2.05) is 29.2 Å². The molecule has 0 saturated carbocycles. The summed E-state index contributed by atoms with van der Waals surface area (Å²) in [7, 11) is 0. The van der Waals surface area contributed by atoms with Crippen LogP contribution in [0.15, 0.2) is 30.3 Å². The van der Waals surface area contributed by atoms with Crippen LogP contribution in [0.3, 0.4) is 0 Å². The van der Waals surface area contributed by atoms with Gasteiger partial charge in [0.1, 0.15) is 5.01 Å². The number of carbonyl (C=O) groups excluding carboxylic acids is 2. The molecule has 0 atom stereocenters. The maximum Gasteiger partial charge on any atom is 0.331 e. The zero-order valence-corrected chi connectivity index (χ0v) is 15.0. The molecule has 0 bridgehead atoms. The lowest BCUT2D eigenvalue weighted by Crippen LogP contribution is -2.36. The van der Waals surface area contributed by atoms with Crippen molar-refractivity contribution in [3.8, 4) is 0 Å². The van der Waals surface area contributed by atoms with E-state index in [2.05, 4.69) is 4.98 Å². The Hall–Kier alpha value is -2.21. The SMILES string of the molecule is O=C(/C=C/c1nc2ccccc2s1)OCC(=O)N1CCCCCCC1. The molecule has 25 heavy (non-hydrogen) atoms. The number of rotatable bonds is 4. The average Bonchev–Trinajstić information content (AvgIpc) is 3.00. The molecule has 1 aromatic carbocycles. The number of thiazole rings is 1. The number of para-hydroxylation sites is 1. The van der Waals surface area contributed by atoms with Gasteiger partial charge in [0, 0.05) is 19.2 Å². The highest BCUT2D eigenvalue weighted by Gasteiger charge is 2.16. The normalized spacial score (nSPS) is 15.9. The highest BCUT2D eigenvalue weighted by Crippen LogP contribution is 2.22. The van der Waals surface area contributed by atoms with Crippen molar-refractivity contribution in [1.29, 1.82) is 0 Å². The molecule has 0 spiro atoms. The van der Waals surface area contributed by atoms with Gasteiger partial charge >= 0.3 is 5.97 Å². The van der Waals surface area contributed by atoms with E-state index in [-0.39, 0.29) is 12.5 Å². The minimum absolute atomic E-state index is 0.108. The Morgan fingerprint density at radius 2 is 1.84 bits per heavy atom. The number of esters is 1. The molecule has 1 amide bonds. The number of ether oxygens (including phenoxy) is 1. The topological polar surface area (TPSA) is 59.5 Å². The Balaban J connectivity index is 1.49. The zero-order chi connectivity index (χ0) is 17.5. The van der Waals surface area contributed by atoms with E-state index in [4.69, 9.17) is 4.74 Å². The predicted octanol–water partition coefficient (Wildman–Crippen LogP) is 3.65. The summed E-state index contributed by atoms with van der Waals surface area (Å²) in [4.78, 5) is 30.2. The molecule has 1 fully saturated rings. The number of likely N-dealkylation sites (tertiary alicyclic amines) is 1. The fraction of sp³-hybridized carbons (Fsp3) is 0.421. The summed E-state index contributed by atoms with van der Waals surface area (Å²) in [6, 6.07) is 7.81. The number of fused-ring (bicyclic) bond motifs is 1. The molecule has 1 aliphatic rings. The smallest absolute Gasteiger partial charge is 0.331 e. The molecule has 5 nitrogen and oxygen atoms in total. The van der Waals surface area contributed by atoms with Crippen LogP contribution in [-0.2, 0) is 14.3 Å². The maximum absolute atomic E-state index is 12.2. The van der Waals surface area contributed by atoms with Crippen LogP contribution >= 0.6 is 11.3 Å². The van der Waals surface area contributed by atoms with E-state index in [1.165, 1.54) is 23.8 Å². The van der Waals surface area contributed by atoms with E-state index in [0.717, 1.165) is 54.0 Å². The molecule has 2 heterocycles. The minimum atomic E-state index is -0.514. The highest BCUT2D eigenvalue weighted by atomic mass is 32.1. The van der Waals surface area contributed by atoms with Crippen molar-refractivity contribution in [2.24, 2.45) is 0 Å². The van der Waals surface area contributed by atoms with Gasteiger partial charge in [-0.1, -0.05) is 31.4 Å². The first-order chi connectivity index (χ1) is 12.2. The molecule has 0 aliphatic carbocycles. The Morgan fingerprint density at radius 3 is 2.60 bits per heavy atom. The first-order valence-electron chi connectivity index (χ1n) is 8.70. The van der Waals surface area contributed by atoms with Gasteiger partial charge in [-0.15, -0.1) is 11.3 Å². The van der Waals surface area contributed by atoms with Gasteiger partial charge in [0.2, 0.25) is 0 Å². The highest BCUT2D eigenvalue weighted by molar-refractivity contribution is 7.19. The van der Waals surface area contributed by atoms with E-state index < -0.39 is 5.97 Å². The summed E-state index contributed by atoms with van der Waals surface area (Å²) in [6.07, 6.45) is 8.58. The lowest BCUT2D eigenvalue weighted by Gasteiger charge is -2.24. The monoisotopic (exact) mass is 358 g/mol. The first kappa shape index (κ1) is 17.6. The molecular formula is C19H22N2O3S. The quantitative estimate of drug-likeness (QED) is 0.618. The Bertz CT molecular complexity index is 728. The van der Waals surface area contributed by atoms with Crippen molar-refractivity contribution in [2.45, 2.75) is 32.1 Å². The number of amides is 1. The van der Waals surface area contributed by atoms with Gasteiger partial charge in [0.05, 0.1) is 10.2 Å². The third kappa shape index (κ3) is 5.13. The van der Waals surface area contributed by atoms with Crippen molar-refractivity contribution in [1.82, 2.24) is 9.88 Å². The number of benzene rings is 1. The van der Waals surface area contributed by atoms with Crippen molar-refractivity contribution >= 4 is 39.5 Å². The lowest BCUT2D eigenvalue weighted by atomic mass is 10.1. The van der Waals surface area contributed by atoms with Crippen LogP contribution in [0.5, 0.6) is 0 Å². The van der Waals surface area contributed by atoms with Crippen LogP contribution in [0.1, 0.15) is 37.1 Å². The summed E-state index contributed by atoms with van der Waals surface area (Å²) in [5.41, 5.74) is 0.910. The van der Waals surface area contributed by atoms with Gasteiger partial charge in [-0.25, -0.2) is 9.78 Å². The summed E-state index contributed by atoms with van der Waals surface area (Å²) >= 11 is 1.51. The zero-order valence-electron chi connectivity index (χ0n) is 14.1. The van der Waals surface area contributed by atoms with Crippen LogP contribution in [0.4, 0.5) is 0 Å². The number of nitrogens with zero attached hydrogens (tertiary/aromatic N) is 2. The van der Waals surface area contributed by atoms with Gasteiger partial charge < -0.3 is 9.64 Å². The van der Waals surface area contributed by atoms with Crippen LogP contribution in [-0.4, -0.2) is 41.5 Å². The predicted molar refractivity (Wildman–Crippen MR) is 99.3 cm³/mol. The van der Waals surface area contributed by atoms with Gasteiger partial charge in [-0.2, -0.15) is 0 Å². The molecule has 1 aromatic heterocycles. The largest absolute Gasteiger partial charge is 0.452 e. The maximum atomic E-state index is 12.2. The van der Waals surface area contributed by atoms with E-state index in [0.29, 0.717) is 0 Å².